The lowest BCUT2D eigenvalue weighted by molar-refractivity contribution is 0.285. The highest BCUT2D eigenvalue weighted by Crippen LogP contribution is 2.50. The van der Waals surface area contributed by atoms with E-state index in [0.717, 1.165) is 5.92 Å². The van der Waals surface area contributed by atoms with Gasteiger partial charge in [0.25, 0.3) is 0 Å². The lowest BCUT2D eigenvalue weighted by Crippen LogP contribution is -2.34. The number of hydrogen-bond donors (Lipinski definition) is 0. The summed E-state index contributed by atoms with van der Waals surface area (Å²) in [6.45, 7) is 16.4. The van der Waals surface area contributed by atoms with Gasteiger partial charge in [0.2, 0.25) is 8.32 Å². The Balaban J connectivity index is 2.45. The van der Waals surface area contributed by atoms with Crippen molar-refractivity contribution in [3.05, 3.63) is 23.0 Å². The summed E-state index contributed by atoms with van der Waals surface area (Å²) in [6.07, 6.45) is 6.24. The predicted molar refractivity (Wildman–Crippen MR) is 85.5 cm³/mol. The summed E-state index contributed by atoms with van der Waals surface area (Å²) in [5.41, 5.74) is 3.51. The summed E-state index contributed by atoms with van der Waals surface area (Å²) in [6, 6.07) is 0. The summed E-state index contributed by atoms with van der Waals surface area (Å²) < 4.78 is 6.44. The largest absolute Gasteiger partial charge is 0.544 e. The molecule has 0 N–H and O–H groups in total. The van der Waals surface area contributed by atoms with Crippen LogP contribution in [0, 0.1) is 17.3 Å². The lowest BCUT2D eigenvalue weighted by Gasteiger charge is -2.43. The molecule has 0 heterocycles. The van der Waals surface area contributed by atoms with Crippen molar-refractivity contribution < 1.29 is 4.43 Å². The lowest BCUT2D eigenvalue weighted by atomic mass is 9.65. The summed E-state index contributed by atoms with van der Waals surface area (Å²) >= 11 is 0. The Kier molecular flexibility index (Phi) is 3.76. The van der Waals surface area contributed by atoms with Gasteiger partial charge >= 0.3 is 0 Å². The van der Waals surface area contributed by atoms with Crippen LogP contribution >= 0.6 is 0 Å². The van der Waals surface area contributed by atoms with E-state index in [9.17, 15) is 0 Å². The van der Waals surface area contributed by atoms with Gasteiger partial charge in [0.05, 0.1) is 0 Å². The van der Waals surface area contributed by atoms with E-state index < -0.39 is 8.32 Å². The number of allylic oxidation sites excluding steroid dienone is 3. The molecule has 2 rings (SSSR count). The molecule has 0 fully saturated rings. The molecule has 0 aromatic rings. The molecular formula is C17H30OSi. The van der Waals surface area contributed by atoms with Crippen molar-refractivity contribution in [2.24, 2.45) is 17.3 Å². The Labute approximate surface area is 120 Å². The van der Waals surface area contributed by atoms with Crippen molar-refractivity contribution in [2.75, 3.05) is 0 Å². The van der Waals surface area contributed by atoms with Crippen molar-refractivity contribution >= 4 is 8.32 Å². The smallest absolute Gasteiger partial charge is 0.242 e. The van der Waals surface area contributed by atoms with Crippen molar-refractivity contribution in [3.63, 3.8) is 0 Å². The van der Waals surface area contributed by atoms with Gasteiger partial charge in [-0.15, -0.1) is 0 Å². The molecule has 0 aliphatic heterocycles. The molecule has 0 aromatic heterocycles. The zero-order chi connectivity index (χ0) is 14.4. The molecule has 0 amide bonds. The Morgan fingerprint density at radius 3 is 2.42 bits per heavy atom. The fourth-order valence-electron chi connectivity index (χ4n) is 3.52. The van der Waals surface area contributed by atoms with Gasteiger partial charge in [-0.3, -0.25) is 0 Å². The zero-order valence-electron chi connectivity index (χ0n) is 13.8. The molecule has 2 atom stereocenters. The monoisotopic (exact) mass is 278 g/mol. The van der Waals surface area contributed by atoms with Crippen molar-refractivity contribution in [2.45, 2.75) is 66.6 Å². The maximum atomic E-state index is 6.44. The van der Waals surface area contributed by atoms with E-state index in [0.29, 0.717) is 5.92 Å². The first-order valence-electron chi connectivity index (χ1n) is 7.75. The topological polar surface area (TPSA) is 9.23 Å². The van der Waals surface area contributed by atoms with Crippen LogP contribution in [0.3, 0.4) is 0 Å². The van der Waals surface area contributed by atoms with Crippen molar-refractivity contribution in [1.29, 1.82) is 0 Å². The standard InChI is InChI=1S/C17H30OSi/c1-12-10-14-13(2)8-9-17(3,4)16(14)15(11-12)18-19(5,6)7/h11-13H,8-10H2,1-7H3/t12?,13-/m0/s1. The second kappa shape index (κ2) is 4.80. The van der Waals surface area contributed by atoms with Gasteiger partial charge in [0, 0.05) is 0 Å². The minimum absolute atomic E-state index is 0.285. The van der Waals surface area contributed by atoms with Gasteiger partial charge < -0.3 is 4.43 Å². The van der Waals surface area contributed by atoms with Gasteiger partial charge in [0.1, 0.15) is 5.76 Å². The molecule has 0 saturated heterocycles. The number of rotatable bonds is 2. The van der Waals surface area contributed by atoms with E-state index in [-0.39, 0.29) is 5.41 Å². The normalized spacial score (nSPS) is 30.8. The number of hydrogen-bond acceptors (Lipinski definition) is 1. The summed E-state index contributed by atoms with van der Waals surface area (Å²) in [7, 11) is -1.54. The van der Waals surface area contributed by atoms with Gasteiger partial charge in [-0.25, -0.2) is 0 Å². The Morgan fingerprint density at radius 2 is 1.84 bits per heavy atom. The van der Waals surface area contributed by atoms with Crippen LogP contribution in [0.4, 0.5) is 0 Å². The van der Waals surface area contributed by atoms with Crippen LogP contribution in [-0.4, -0.2) is 8.32 Å². The minimum atomic E-state index is -1.54. The minimum Gasteiger partial charge on any atom is -0.544 e. The maximum absolute atomic E-state index is 6.44. The third-order valence-corrected chi connectivity index (χ3v) is 5.27. The Hall–Kier alpha value is -0.503. The summed E-state index contributed by atoms with van der Waals surface area (Å²) in [5, 5.41) is 0. The molecule has 108 valence electrons. The molecule has 0 saturated carbocycles. The molecule has 0 radical (unpaired) electrons. The van der Waals surface area contributed by atoms with Gasteiger partial charge in [-0.05, 0) is 67.8 Å². The molecule has 0 bridgehead atoms. The Bertz CT molecular complexity index is 423. The van der Waals surface area contributed by atoms with Crippen molar-refractivity contribution in [3.8, 4) is 0 Å². The molecule has 1 nitrogen and oxygen atoms in total. The SMILES string of the molecule is CC1C=C(O[Si](C)(C)C)C2=C(C1)[C@@H](C)CCC2(C)C. The van der Waals surface area contributed by atoms with Crippen LogP contribution in [0.5, 0.6) is 0 Å². The highest BCUT2D eigenvalue weighted by Gasteiger charge is 2.39. The zero-order valence-corrected chi connectivity index (χ0v) is 14.8. The third-order valence-electron chi connectivity index (χ3n) is 4.44. The molecule has 1 unspecified atom stereocenters. The van der Waals surface area contributed by atoms with E-state index in [1.165, 1.54) is 25.0 Å². The molecule has 2 aliphatic rings. The van der Waals surface area contributed by atoms with E-state index in [1.54, 1.807) is 11.1 Å². The van der Waals surface area contributed by atoms with Gasteiger partial charge in [-0.2, -0.15) is 0 Å². The van der Waals surface area contributed by atoms with Gasteiger partial charge in [0.15, 0.2) is 0 Å². The maximum Gasteiger partial charge on any atom is 0.242 e. The molecule has 0 aromatic carbocycles. The highest BCUT2D eigenvalue weighted by molar-refractivity contribution is 6.70. The van der Waals surface area contributed by atoms with E-state index in [1.807, 2.05) is 0 Å². The third kappa shape index (κ3) is 3.15. The quantitative estimate of drug-likeness (QED) is 0.605. The highest BCUT2D eigenvalue weighted by atomic mass is 28.4. The molecular weight excluding hydrogens is 248 g/mol. The molecule has 19 heavy (non-hydrogen) atoms. The van der Waals surface area contributed by atoms with Crippen LogP contribution in [0.15, 0.2) is 23.0 Å². The van der Waals surface area contributed by atoms with Gasteiger partial charge in [-0.1, -0.05) is 33.3 Å². The van der Waals surface area contributed by atoms with Crippen LogP contribution in [0.1, 0.15) is 47.0 Å². The first kappa shape index (κ1) is 14.9. The summed E-state index contributed by atoms with van der Waals surface area (Å²) in [5.74, 6) is 2.59. The van der Waals surface area contributed by atoms with Crippen LogP contribution in [0.2, 0.25) is 19.6 Å². The molecule has 0 spiro atoms. The first-order chi connectivity index (χ1) is 8.60. The predicted octanol–water partition coefficient (Wildman–Crippen LogP) is 5.51. The summed E-state index contributed by atoms with van der Waals surface area (Å²) in [4.78, 5) is 0. The first-order valence-corrected chi connectivity index (χ1v) is 11.2. The average molecular weight is 279 g/mol. The fraction of sp³-hybridized carbons (Fsp3) is 0.765. The van der Waals surface area contributed by atoms with Crippen LogP contribution < -0.4 is 0 Å². The molecule has 2 heteroatoms. The van der Waals surface area contributed by atoms with E-state index in [4.69, 9.17) is 4.43 Å². The van der Waals surface area contributed by atoms with Crippen molar-refractivity contribution in [1.82, 2.24) is 0 Å². The second-order valence-electron chi connectivity index (χ2n) is 8.15. The Morgan fingerprint density at radius 1 is 1.21 bits per heavy atom. The second-order valence-corrected chi connectivity index (χ2v) is 12.6. The van der Waals surface area contributed by atoms with E-state index >= 15 is 0 Å². The average Bonchev–Trinajstić information content (AvgIpc) is 2.20. The van der Waals surface area contributed by atoms with Crippen LogP contribution in [-0.2, 0) is 4.43 Å². The molecule has 2 aliphatic carbocycles. The van der Waals surface area contributed by atoms with Crippen LogP contribution in [0.25, 0.3) is 0 Å². The fourth-order valence-corrected chi connectivity index (χ4v) is 4.34. The van der Waals surface area contributed by atoms with E-state index in [2.05, 4.69) is 53.4 Å².